The summed E-state index contributed by atoms with van der Waals surface area (Å²) in [4.78, 5) is 12.4. The molecule has 2 N–H and O–H groups in total. The molecule has 5 nitrogen and oxygen atoms in total. The van der Waals surface area contributed by atoms with Gasteiger partial charge in [0.15, 0.2) is 0 Å². The van der Waals surface area contributed by atoms with Crippen molar-refractivity contribution in [3.05, 3.63) is 59.7 Å². The number of ether oxygens (including phenoxy) is 2. The fourth-order valence-corrected chi connectivity index (χ4v) is 3.55. The Kier molecular flexibility index (Phi) is 6.32. The first-order valence-electron chi connectivity index (χ1n) is 9.27. The third-order valence-electron chi connectivity index (χ3n) is 5.19. The molecule has 0 aromatic heterocycles. The Morgan fingerprint density at radius 2 is 1.76 bits per heavy atom. The van der Waals surface area contributed by atoms with Crippen LogP contribution in [0.15, 0.2) is 48.5 Å². The van der Waals surface area contributed by atoms with E-state index in [9.17, 15) is 18.0 Å². The molecule has 1 aliphatic heterocycles. The molecule has 1 heterocycles. The van der Waals surface area contributed by atoms with Crippen LogP contribution in [0.4, 0.5) is 23.7 Å². The minimum Gasteiger partial charge on any atom is -0.496 e. The van der Waals surface area contributed by atoms with Gasteiger partial charge in [0.05, 0.1) is 12.7 Å². The third-order valence-corrected chi connectivity index (χ3v) is 5.19. The highest BCUT2D eigenvalue weighted by Crippen LogP contribution is 2.39. The lowest BCUT2D eigenvalue weighted by Crippen LogP contribution is -2.45. The zero-order chi connectivity index (χ0) is 20.9. The second-order valence-corrected chi connectivity index (χ2v) is 6.98. The summed E-state index contributed by atoms with van der Waals surface area (Å²) in [5.74, 6) is 0.749. The van der Waals surface area contributed by atoms with Crippen molar-refractivity contribution in [1.29, 1.82) is 0 Å². The number of anilines is 1. The van der Waals surface area contributed by atoms with Gasteiger partial charge in [-0.1, -0.05) is 18.2 Å². The second-order valence-electron chi connectivity index (χ2n) is 6.98. The lowest BCUT2D eigenvalue weighted by molar-refractivity contribution is -0.137. The minimum atomic E-state index is -4.41. The van der Waals surface area contributed by atoms with Crippen molar-refractivity contribution in [2.24, 2.45) is 0 Å². The molecule has 0 radical (unpaired) electrons. The Balaban J connectivity index is 1.69. The zero-order valence-electron chi connectivity index (χ0n) is 16.0. The molecule has 2 aromatic rings. The van der Waals surface area contributed by atoms with Gasteiger partial charge in [0.25, 0.3) is 0 Å². The monoisotopic (exact) mass is 408 g/mol. The van der Waals surface area contributed by atoms with Crippen LogP contribution in [0.1, 0.15) is 24.0 Å². The van der Waals surface area contributed by atoms with Gasteiger partial charge in [-0.25, -0.2) is 4.79 Å². The Morgan fingerprint density at radius 3 is 2.38 bits per heavy atom. The van der Waals surface area contributed by atoms with E-state index in [1.54, 1.807) is 7.11 Å². The summed E-state index contributed by atoms with van der Waals surface area (Å²) in [6, 6.07) is 11.5. The van der Waals surface area contributed by atoms with E-state index in [-0.39, 0.29) is 11.1 Å². The lowest BCUT2D eigenvalue weighted by Gasteiger charge is -2.38. The highest BCUT2D eigenvalue weighted by molar-refractivity contribution is 5.89. The number of hydrogen-bond donors (Lipinski definition) is 2. The normalized spacial score (nSPS) is 16.1. The molecular formula is C21H23F3N2O3. The van der Waals surface area contributed by atoms with Gasteiger partial charge in [-0.3, -0.25) is 0 Å². The fraction of sp³-hybridized carbons (Fsp3) is 0.381. The summed E-state index contributed by atoms with van der Waals surface area (Å²) < 4.78 is 49.0. The van der Waals surface area contributed by atoms with Gasteiger partial charge in [-0.2, -0.15) is 13.2 Å². The molecule has 1 saturated heterocycles. The highest BCUT2D eigenvalue weighted by Gasteiger charge is 2.37. The van der Waals surface area contributed by atoms with Crippen molar-refractivity contribution in [1.82, 2.24) is 5.32 Å². The summed E-state index contributed by atoms with van der Waals surface area (Å²) >= 11 is 0. The van der Waals surface area contributed by atoms with Gasteiger partial charge in [-0.05, 0) is 43.2 Å². The van der Waals surface area contributed by atoms with E-state index in [2.05, 4.69) is 10.6 Å². The molecule has 156 valence electrons. The zero-order valence-corrected chi connectivity index (χ0v) is 16.0. The number of hydrogen-bond acceptors (Lipinski definition) is 3. The molecule has 2 aromatic carbocycles. The van der Waals surface area contributed by atoms with Crippen LogP contribution in [0.25, 0.3) is 0 Å². The first-order chi connectivity index (χ1) is 13.8. The van der Waals surface area contributed by atoms with Crippen LogP contribution in [0.3, 0.4) is 0 Å². The molecule has 29 heavy (non-hydrogen) atoms. The number of halogens is 3. The number of nitrogens with one attached hydrogen (secondary N) is 2. The van der Waals surface area contributed by atoms with E-state index in [0.717, 1.165) is 23.4 Å². The molecule has 3 rings (SSSR count). The number of rotatable bonds is 5. The summed E-state index contributed by atoms with van der Waals surface area (Å²) in [6.07, 6.45) is -2.98. The third kappa shape index (κ3) is 5.00. The Hall–Kier alpha value is -2.74. The standard InChI is InChI=1S/C21H23F3N2O3/c1-28-18-5-3-2-4-17(18)20(10-12-29-13-11-20)14-25-19(27)26-16-8-6-15(7-9-16)21(22,23)24/h2-9H,10-14H2,1H3,(H2,25,26,27). The number of methoxy groups -OCH3 is 1. The summed E-state index contributed by atoms with van der Waals surface area (Å²) in [7, 11) is 1.61. The maximum absolute atomic E-state index is 12.7. The van der Waals surface area contributed by atoms with Crippen LogP contribution in [-0.4, -0.2) is 32.9 Å². The largest absolute Gasteiger partial charge is 0.496 e. The van der Waals surface area contributed by atoms with E-state index < -0.39 is 17.8 Å². The summed E-state index contributed by atoms with van der Waals surface area (Å²) in [5, 5.41) is 5.43. The van der Waals surface area contributed by atoms with Crippen molar-refractivity contribution in [2.45, 2.75) is 24.4 Å². The maximum Gasteiger partial charge on any atom is 0.416 e. The van der Waals surface area contributed by atoms with Gasteiger partial charge in [0, 0.05) is 36.4 Å². The molecule has 0 saturated carbocycles. The van der Waals surface area contributed by atoms with Crippen LogP contribution in [-0.2, 0) is 16.3 Å². The predicted molar refractivity (Wildman–Crippen MR) is 103 cm³/mol. The van der Waals surface area contributed by atoms with Crippen molar-refractivity contribution in [2.75, 3.05) is 32.2 Å². The Labute approximate surface area is 167 Å². The molecule has 8 heteroatoms. The first-order valence-corrected chi connectivity index (χ1v) is 9.27. The molecule has 0 bridgehead atoms. The van der Waals surface area contributed by atoms with E-state index >= 15 is 0 Å². The van der Waals surface area contributed by atoms with Crippen LogP contribution in [0.5, 0.6) is 5.75 Å². The van der Waals surface area contributed by atoms with Crippen molar-refractivity contribution >= 4 is 11.7 Å². The van der Waals surface area contributed by atoms with Gasteiger partial charge in [-0.15, -0.1) is 0 Å². The van der Waals surface area contributed by atoms with Gasteiger partial charge in [0.1, 0.15) is 5.75 Å². The molecule has 0 atom stereocenters. The second kappa shape index (κ2) is 8.73. The SMILES string of the molecule is COc1ccccc1C1(CNC(=O)Nc2ccc(C(F)(F)F)cc2)CCOCC1. The quantitative estimate of drug-likeness (QED) is 0.761. The fourth-order valence-electron chi connectivity index (χ4n) is 3.55. The van der Waals surface area contributed by atoms with Crippen molar-refractivity contribution in [3.8, 4) is 5.75 Å². The summed E-state index contributed by atoms with van der Waals surface area (Å²) in [5.41, 5.74) is 0.178. The van der Waals surface area contributed by atoms with E-state index in [1.165, 1.54) is 12.1 Å². The van der Waals surface area contributed by atoms with E-state index in [1.807, 2.05) is 24.3 Å². The first kappa shape index (κ1) is 21.0. The van der Waals surface area contributed by atoms with Crippen LogP contribution < -0.4 is 15.4 Å². The molecular weight excluding hydrogens is 385 g/mol. The van der Waals surface area contributed by atoms with Crippen LogP contribution in [0, 0.1) is 0 Å². The molecule has 2 amide bonds. The minimum absolute atomic E-state index is 0.286. The number of benzene rings is 2. The molecule has 1 aliphatic rings. The van der Waals surface area contributed by atoms with Crippen molar-refractivity contribution in [3.63, 3.8) is 0 Å². The summed E-state index contributed by atoms with van der Waals surface area (Å²) in [6.45, 7) is 1.49. The number of para-hydroxylation sites is 1. The number of carbonyl (C=O) groups is 1. The van der Waals surface area contributed by atoms with Gasteiger partial charge in [0.2, 0.25) is 0 Å². The predicted octanol–water partition coefficient (Wildman–Crippen LogP) is 4.58. The number of urea groups is 1. The molecule has 0 unspecified atom stereocenters. The molecule has 1 fully saturated rings. The van der Waals surface area contributed by atoms with Gasteiger partial charge < -0.3 is 20.1 Å². The topological polar surface area (TPSA) is 59.6 Å². The lowest BCUT2D eigenvalue weighted by atomic mass is 9.73. The number of alkyl halides is 3. The molecule has 0 spiro atoms. The Bertz CT molecular complexity index is 832. The van der Waals surface area contributed by atoms with Crippen LogP contribution in [0.2, 0.25) is 0 Å². The van der Waals surface area contributed by atoms with Crippen LogP contribution >= 0.6 is 0 Å². The smallest absolute Gasteiger partial charge is 0.416 e. The average molecular weight is 408 g/mol. The molecule has 0 aliphatic carbocycles. The highest BCUT2D eigenvalue weighted by atomic mass is 19.4. The van der Waals surface area contributed by atoms with E-state index in [4.69, 9.17) is 9.47 Å². The van der Waals surface area contributed by atoms with Gasteiger partial charge >= 0.3 is 12.2 Å². The Morgan fingerprint density at radius 1 is 1.10 bits per heavy atom. The maximum atomic E-state index is 12.7. The number of carbonyl (C=O) groups excluding carboxylic acids is 1. The van der Waals surface area contributed by atoms with Crippen molar-refractivity contribution < 1.29 is 27.4 Å². The average Bonchev–Trinajstić information content (AvgIpc) is 2.73. The number of amides is 2. The van der Waals surface area contributed by atoms with E-state index in [0.29, 0.717) is 32.6 Å².